The highest BCUT2D eigenvalue weighted by molar-refractivity contribution is 7.29. The first kappa shape index (κ1) is 15.7. The normalized spacial score (nSPS) is 20.4. The molecule has 2 atom stereocenters. The fourth-order valence-corrected chi connectivity index (χ4v) is 5.01. The van der Waals surface area contributed by atoms with Crippen molar-refractivity contribution in [3.8, 4) is 0 Å². The van der Waals surface area contributed by atoms with Gasteiger partial charge in [-0.05, 0) is 32.3 Å². The second-order valence-corrected chi connectivity index (χ2v) is 8.13. The average molecular weight is 339 g/mol. The van der Waals surface area contributed by atoms with Crippen molar-refractivity contribution in [3.05, 3.63) is 10.9 Å². The van der Waals surface area contributed by atoms with Crippen LogP contribution in [0.2, 0.25) is 0 Å². The topological polar surface area (TPSA) is 62.5 Å². The van der Waals surface area contributed by atoms with Gasteiger partial charge in [0.2, 0.25) is 0 Å². The predicted molar refractivity (Wildman–Crippen MR) is 94.1 cm³/mol. The molecular formula is C15H22N4OS2. The number of hydrogen-bond acceptors (Lipinski definition) is 6. The molecule has 120 valence electrons. The monoisotopic (exact) mass is 338 g/mol. The Morgan fingerprint density at radius 1 is 1.45 bits per heavy atom. The van der Waals surface area contributed by atoms with Crippen molar-refractivity contribution >= 4 is 43.2 Å². The number of amides is 1. The molecule has 0 aromatic carbocycles. The van der Waals surface area contributed by atoms with E-state index in [4.69, 9.17) is 5.73 Å². The number of hydrogen-bond donors (Lipinski definition) is 1. The fourth-order valence-electron chi connectivity index (χ4n) is 2.92. The van der Waals surface area contributed by atoms with Crippen LogP contribution >= 0.6 is 22.7 Å². The van der Waals surface area contributed by atoms with Crippen molar-refractivity contribution in [2.24, 2.45) is 5.73 Å². The second kappa shape index (κ2) is 6.14. The maximum absolute atomic E-state index is 12.8. The van der Waals surface area contributed by atoms with Crippen LogP contribution in [0.15, 0.2) is 6.07 Å². The SMILES string of the molecule is CC(N)C1CCCCN1C(=O)c1cc2sc(N(C)C)nc2s1. The van der Waals surface area contributed by atoms with Crippen LogP contribution in [0.5, 0.6) is 0 Å². The van der Waals surface area contributed by atoms with E-state index in [0.717, 1.165) is 45.3 Å². The fraction of sp³-hybridized carbons (Fsp3) is 0.600. The van der Waals surface area contributed by atoms with Gasteiger partial charge in [-0.2, -0.15) is 0 Å². The van der Waals surface area contributed by atoms with Gasteiger partial charge >= 0.3 is 0 Å². The van der Waals surface area contributed by atoms with Crippen molar-refractivity contribution in [2.75, 3.05) is 25.5 Å². The zero-order chi connectivity index (χ0) is 15.9. The number of nitrogens with zero attached hydrogens (tertiary/aromatic N) is 3. The summed E-state index contributed by atoms with van der Waals surface area (Å²) in [5.74, 6) is 0.114. The van der Waals surface area contributed by atoms with Gasteiger partial charge < -0.3 is 15.5 Å². The van der Waals surface area contributed by atoms with Crippen LogP contribution in [0.25, 0.3) is 9.53 Å². The molecule has 0 radical (unpaired) electrons. The number of aromatic nitrogens is 1. The molecule has 2 aromatic heterocycles. The summed E-state index contributed by atoms with van der Waals surface area (Å²) in [6, 6.07) is 2.16. The molecular weight excluding hydrogens is 316 g/mol. The van der Waals surface area contributed by atoms with E-state index < -0.39 is 0 Å². The van der Waals surface area contributed by atoms with E-state index >= 15 is 0 Å². The molecule has 1 fully saturated rings. The summed E-state index contributed by atoms with van der Waals surface area (Å²) in [5, 5.41) is 0.978. The smallest absolute Gasteiger partial charge is 0.264 e. The number of fused-ring (bicyclic) bond motifs is 1. The molecule has 1 saturated heterocycles. The van der Waals surface area contributed by atoms with Crippen molar-refractivity contribution < 1.29 is 4.79 Å². The number of nitrogens with two attached hydrogens (primary N) is 1. The Balaban J connectivity index is 1.86. The molecule has 3 heterocycles. The maximum atomic E-state index is 12.8. The number of anilines is 1. The maximum Gasteiger partial charge on any atom is 0.264 e. The third kappa shape index (κ3) is 2.85. The van der Waals surface area contributed by atoms with Crippen molar-refractivity contribution in [1.82, 2.24) is 9.88 Å². The van der Waals surface area contributed by atoms with Gasteiger partial charge in [-0.15, -0.1) is 11.3 Å². The predicted octanol–water partition coefficient (Wildman–Crippen LogP) is 2.77. The highest BCUT2D eigenvalue weighted by atomic mass is 32.1. The molecule has 22 heavy (non-hydrogen) atoms. The highest BCUT2D eigenvalue weighted by Gasteiger charge is 2.31. The lowest BCUT2D eigenvalue weighted by molar-refractivity contribution is 0.0589. The third-order valence-corrected chi connectivity index (χ3v) is 6.40. The van der Waals surface area contributed by atoms with Gasteiger partial charge in [0.1, 0.15) is 4.83 Å². The molecule has 1 aliphatic heterocycles. The first-order valence-electron chi connectivity index (χ1n) is 7.61. The van der Waals surface area contributed by atoms with E-state index in [-0.39, 0.29) is 18.0 Å². The summed E-state index contributed by atoms with van der Waals surface area (Å²) in [4.78, 5) is 23.1. The van der Waals surface area contributed by atoms with E-state index in [9.17, 15) is 4.79 Å². The molecule has 2 unspecified atom stereocenters. The van der Waals surface area contributed by atoms with Gasteiger partial charge in [0.25, 0.3) is 5.91 Å². The van der Waals surface area contributed by atoms with Crippen LogP contribution in [0, 0.1) is 0 Å². The molecule has 0 saturated carbocycles. The molecule has 3 rings (SSSR count). The standard InChI is InChI=1S/C15H22N4OS2/c1-9(16)10-6-4-5-7-19(10)14(20)12-8-11-13(21-12)17-15(22-11)18(2)3/h8-10H,4-7,16H2,1-3H3. The second-order valence-electron chi connectivity index (χ2n) is 6.09. The van der Waals surface area contributed by atoms with Crippen LogP contribution in [-0.4, -0.2) is 48.5 Å². The minimum atomic E-state index is 0.0174. The van der Waals surface area contributed by atoms with E-state index in [1.165, 1.54) is 11.3 Å². The van der Waals surface area contributed by atoms with Gasteiger partial charge in [-0.1, -0.05) is 11.3 Å². The van der Waals surface area contributed by atoms with Crippen LogP contribution in [0.4, 0.5) is 5.13 Å². The van der Waals surface area contributed by atoms with Gasteiger partial charge in [0.15, 0.2) is 5.13 Å². The summed E-state index contributed by atoms with van der Waals surface area (Å²) >= 11 is 3.12. The van der Waals surface area contributed by atoms with Crippen LogP contribution < -0.4 is 10.6 Å². The molecule has 0 aliphatic carbocycles. The van der Waals surface area contributed by atoms with Crippen LogP contribution in [0.3, 0.4) is 0 Å². The molecule has 0 spiro atoms. The molecule has 7 heteroatoms. The van der Waals surface area contributed by atoms with Crippen molar-refractivity contribution in [1.29, 1.82) is 0 Å². The van der Waals surface area contributed by atoms with Crippen molar-refractivity contribution in [3.63, 3.8) is 0 Å². The number of carbonyl (C=O) groups excluding carboxylic acids is 1. The lowest BCUT2D eigenvalue weighted by Crippen LogP contribution is -2.51. The lowest BCUT2D eigenvalue weighted by atomic mass is 9.97. The Hall–Kier alpha value is -1.18. The largest absolute Gasteiger partial charge is 0.354 e. The summed E-state index contributed by atoms with van der Waals surface area (Å²) in [6.45, 7) is 2.81. The third-order valence-electron chi connectivity index (χ3n) is 4.09. The Morgan fingerprint density at radius 3 is 2.86 bits per heavy atom. The lowest BCUT2D eigenvalue weighted by Gasteiger charge is -2.37. The number of piperidine rings is 1. The quantitative estimate of drug-likeness (QED) is 0.935. The first-order chi connectivity index (χ1) is 10.5. The Bertz CT molecular complexity index is 645. The van der Waals surface area contributed by atoms with E-state index in [1.54, 1.807) is 11.3 Å². The Labute approximate surface area is 138 Å². The highest BCUT2D eigenvalue weighted by Crippen LogP contribution is 2.35. The average Bonchev–Trinajstić information content (AvgIpc) is 3.04. The summed E-state index contributed by atoms with van der Waals surface area (Å²) < 4.78 is 1.09. The molecule has 2 N–H and O–H groups in total. The summed E-state index contributed by atoms with van der Waals surface area (Å²) in [7, 11) is 3.96. The summed E-state index contributed by atoms with van der Waals surface area (Å²) in [6.07, 6.45) is 3.23. The van der Waals surface area contributed by atoms with Crippen LogP contribution in [0.1, 0.15) is 35.9 Å². The zero-order valence-electron chi connectivity index (χ0n) is 13.2. The molecule has 0 bridgehead atoms. The minimum Gasteiger partial charge on any atom is -0.354 e. The number of thiophene rings is 1. The number of carbonyl (C=O) groups is 1. The van der Waals surface area contributed by atoms with Gasteiger partial charge in [0, 0.05) is 32.7 Å². The van der Waals surface area contributed by atoms with Gasteiger partial charge in [0.05, 0.1) is 9.58 Å². The number of likely N-dealkylation sites (tertiary alicyclic amines) is 1. The van der Waals surface area contributed by atoms with E-state index in [2.05, 4.69) is 4.98 Å². The molecule has 2 aromatic rings. The Kier molecular flexibility index (Phi) is 4.38. The molecule has 1 amide bonds. The van der Waals surface area contributed by atoms with E-state index in [0.29, 0.717) is 0 Å². The first-order valence-corrected chi connectivity index (χ1v) is 9.25. The summed E-state index contributed by atoms with van der Waals surface area (Å²) in [5.41, 5.74) is 6.08. The minimum absolute atomic E-state index is 0.0174. The number of rotatable bonds is 3. The van der Waals surface area contributed by atoms with E-state index in [1.807, 2.05) is 36.9 Å². The zero-order valence-corrected chi connectivity index (χ0v) is 14.8. The number of thiazole rings is 1. The van der Waals surface area contributed by atoms with Crippen molar-refractivity contribution in [2.45, 2.75) is 38.3 Å². The molecule has 5 nitrogen and oxygen atoms in total. The van der Waals surface area contributed by atoms with Gasteiger partial charge in [-0.3, -0.25) is 4.79 Å². The van der Waals surface area contributed by atoms with Crippen LogP contribution in [-0.2, 0) is 0 Å². The molecule has 1 aliphatic rings. The Morgan fingerprint density at radius 2 is 2.23 bits per heavy atom. The van der Waals surface area contributed by atoms with Gasteiger partial charge in [-0.25, -0.2) is 4.98 Å².